The monoisotopic (exact) mass is 311 g/mol. The predicted molar refractivity (Wildman–Crippen MR) is 79.5 cm³/mol. The van der Waals surface area contributed by atoms with E-state index in [9.17, 15) is 13.2 Å². The maximum absolute atomic E-state index is 12.5. The van der Waals surface area contributed by atoms with Crippen LogP contribution in [0.15, 0.2) is 29.2 Å². The molecule has 0 radical (unpaired) electrons. The minimum Gasteiger partial charge on any atom is -0.481 e. The first kappa shape index (κ1) is 16.0. The second-order valence-electron chi connectivity index (χ2n) is 5.81. The van der Waals surface area contributed by atoms with Crippen molar-refractivity contribution in [2.75, 3.05) is 13.1 Å². The summed E-state index contributed by atoms with van der Waals surface area (Å²) in [6, 6.07) is 6.53. The molecule has 5 nitrogen and oxygen atoms in total. The van der Waals surface area contributed by atoms with Crippen molar-refractivity contribution in [3.63, 3.8) is 0 Å². The summed E-state index contributed by atoms with van der Waals surface area (Å²) in [7, 11) is -3.44. The number of aryl methyl sites for hydroxylation is 1. The number of carboxylic acid groups (broad SMARTS) is 1. The molecule has 0 aromatic heterocycles. The quantitative estimate of drug-likeness (QED) is 0.902. The molecule has 1 heterocycles. The molecule has 0 amide bonds. The molecule has 0 bridgehead atoms. The van der Waals surface area contributed by atoms with Crippen LogP contribution in [0, 0.1) is 11.8 Å². The molecule has 1 aliphatic rings. The Labute approximate surface area is 125 Å². The van der Waals surface area contributed by atoms with E-state index in [-0.39, 0.29) is 11.3 Å². The predicted octanol–water partition coefficient (Wildman–Crippen LogP) is 1.98. The summed E-state index contributed by atoms with van der Waals surface area (Å²) in [5.41, 5.74) is 0.833. The fourth-order valence-corrected chi connectivity index (χ4v) is 4.14. The molecule has 2 atom stereocenters. The summed E-state index contributed by atoms with van der Waals surface area (Å²) in [5, 5.41) is 8.65. The number of rotatable bonds is 5. The van der Waals surface area contributed by atoms with Crippen molar-refractivity contribution in [1.29, 1.82) is 0 Å². The summed E-state index contributed by atoms with van der Waals surface area (Å²) in [6.45, 7) is 5.25. The molecular weight excluding hydrogens is 290 g/mol. The van der Waals surface area contributed by atoms with Gasteiger partial charge in [0.1, 0.15) is 0 Å². The zero-order valence-corrected chi connectivity index (χ0v) is 13.1. The largest absolute Gasteiger partial charge is 0.481 e. The number of hydrogen-bond donors (Lipinski definition) is 1. The van der Waals surface area contributed by atoms with Crippen LogP contribution in [0.2, 0.25) is 0 Å². The number of nitrogens with zero attached hydrogens (tertiary/aromatic N) is 1. The first-order valence-electron chi connectivity index (χ1n) is 7.11. The van der Waals surface area contributed by atoms with E-state index >= 15 is 0 Å². The summed E-state index contributed by atoms with van der Waals surface area (Å²) >= 11 is 0. The average Bonchev–Trinajstić information content (AvgIpc) is 2.77. The van der Waals surface area contributed by atoms with Crippen LogP contribution in [0.1, 0.15) is 25.8 Å². The van der Waals surface area contributed by atoms with Gasteiger partial charge in [-0.05, 0) is 36.0 Å². The number of carbonyl (C=O) groups is 1. The van der Waals surface area contributed by atoms with Gasteiger partial charge in [-0.3, -0.25) is 4.79 Å². The highest BCUT2D eigenvalue weighted by Crippen LogP contribution is 2.28. The Morgan fingerprint density at radius 2 is 1.71 bits per heavy atom. The normalized spacial score (nSPS) is 23.3. The van der Waals surface area contributed by atoms with Gasteiger partial charge in [0.15, 0.2) is 0 Å². The summed E-state index contributed by atoms with van der Waals surface area (Å²) in [5.74, 6) is -0.115. The maximum atomic E-state index is 12.5. The minimum atomic E-state index is -3.44. The molecule has 2 unspecified atom stereocenters. The molecular formula is C15H21NO4S. The van der Waals surface area contributed by atoms with Crippen LogP contribution < -0.4 is 0 Å². The van der Waals surface area contributed by atoms with Gasteiger partial charge in [-0.25, -0.2) is 8.42 Å². The van der Waals surface area contributed by atoms with Gasteiger partial charge in [-0.1, -0.05) is 26.0 Å². The van der Waals surface area contributed by atoms with Crippen molar-refractivity contribution >= 4 is 16.0 Å². The van der Waals surface area contributed by atoms with Gasteiger partial charge in [-0.2, -0.15) is 4.31 Å². The summed E-state index contributed by atoms with van der Waals surface area (Å²) in [6.07, 6.45) is 0.459. The number of sulfonamides is 1. The second-order valence-corrected chi connectivity index (χ2v) is 7.75. The van der Waals surface area contributed by atoms with Crippen LogP contribution >= 0.6 is 0 Å². The van der Waals surface area contributed by atoms with Crippen molar-refractivity contribution in [3.05, 3.63) is 29.8 Å². The number of aliphatic carboxylic acids is 1. The van der Waals surface area contributed by atoms with Crippen molar-refractivity contribution < 1.29 is 18.3 Å². The van der Waals surface area contributed by atoms with Crippen molar-refractivity contribution in [1.82, 2.24) is 4.31 Å². The Kier molecular flexibility index (Phi) is 4.68. The van der Waals surface area contributed by atoms with E-state index in [1.165, 1.54) is 4.31 Å². The maximum Gasteiger partial charge on any atom is 0.303 e. The van der Waals surface area contributed by atoms with E-state index in [2.05, 4.69) is 13.8 Å². The van der Waals surface area contributed by atoms with Crippen LogP contribution in [0.25, 0.3) is 0 Å². The van der Waals surface area contributed by atoms with Gasteiger partial charge >= 0.3 is 5.97 Å². The number of benzene rings is 1. The first-order valence-corrected chi connectivity index (χ1v) is 8.55. The molecule has 1 aliphatic heterocycles. The highest BCUT2D eigenvalue weighted by molar-refractivity contribution is 7.89. The number of carboxylic acids is 1. The van der Waals surface area contributed by atoms with Crippen molar-refractivity contribution in [2.45, 2.75) is 31.6 Å². The molecule has 1 aromatic carbocycles. The van der Waals surface area contributed by atoms with Crippen LogP contribution in [-0.4, -0.2) is 36.9 Å². The van der Waals surface area contributed by atoms with Gasteiger partial charge < -0.3 is 5.11 Å². The molecule has 2 rings (SSSR count). The lowest BCUT2D eigenvalue weighted by molar-refractivity contribution is -0.136. The van der Waals surface area contributed by atoms with Crippen LogP contribution in [-0.2, 0) is 21.2 Å². The third-order valence-electron chi connectivity index (χ3n) is 4.14. The Morgan fingerprint density at radius 1 is 1.19 bits per heavy atom. The molecule has 1 N–H and O–H groups in total. The molecule has 0 saturated carbocycles. The van der Waals surface area contributed by atoms with E-state index in [1.54, 1.807) is 24.3 Å². The first-order chi connectivity index (χ1) is 9.80. The van der Waals surface area contributed by atoms with E-state index in [4.69, 9.17) is 5.11 Å². The lowest BCUT2D eigenvalue weighted by Crippen LogP contribution is -2.29. The molecule has 1 fully saturated rings. The van der Waals surface area contributed by atoms with Gasteiger partial charge in [0.2, 0.25) is 10.0 Å². The molecule has 0 aliphatic carbocycles. The summed E-state index contributed by atoms with van der Waals surface area (Å²) < 4.78 is 26.6. The van der Waals surface area contributed by atoms with Crippen LogP contribution in [0.3, 0.4) is 0 Å². The Bertz CT molecular complexity index is 599. The van der Waals surface area contributed by atoms with Gasteiger partial charge in [0.05, 0.1) is 4.90 Å². The SMILES string of the molecule is CC1CN(S(=O)(=O)c2ccc(CCC(=O)O)cc2)CC1C. The lowest BCUT2D eigenvalue weighted by Gasteiger charge is -2.16. The third-order valence-corrected chi connectivity index (χ3v) is 5.99. The molecule has 116 valence electrons. The molecule has 21 heavy (non-hydrogen) atoms. The van der Waals surface area contributed by atoms with E-state index in [1.807, 2.05) is 0 Å². The average molecular weight is 311 g/mol. The zero-order chi connectivity index (χ0) is 15.6. The zero-order valence-electron chi connectivity index (χ0n) is 12.3. The Balaban J connectivity index is 2.12. The molecule has 1 aromatic rings. The molecule has 6 heteroatoms. The number of hydrogen-bond acceptors (Lipinski definition) is 3. The highest BCUT2D eigenvalue weighted by atomic mass is 32.2. The van der Waals surface area contributed by atoms with Crippen molar-refractivity contribution in [3.8, 4) is 0 Å². The summed E-state index contributed by atoms with van der Waals surface area (Å²) in [4.78, 5) is 10.8. The fraction of sp³-hybridized carbons (Fsp3) is 0.533. The molecule has 1 saturated heterocycles. The fourth-order valence-electron chi connectivity index (χ4n) is 2.50. The lowest BCUT2D eigenvalue weighted by atomic mass is 10.0. The topological polar surface area (TPSA) is 74.7 Å². The van der Waals surface area contributed by atoms with Gasteiger partial charge in [0, 0.05) is 19.5 Å². The van der Waals surface area contributed by atoms with Gasteiger partial charge in [-0.15, -0.1) is 0 Å². The van der Waals surface area contributed by atoms with E-state index in [0.29, 0.717) is 31.3 Å². The van der Waals surface area contributed by atoms with Crippen molar-refractivity contribution in [2.24, 2.45) is 11.8 Å². The van der Waals surface area contributed by atoms with E-state index < -0.39 is 16.0 Å². The second kappa shape index (κ2) is 6.15. The smallest absolute Gasteiger partial charge is 0.303 e. The van der Waals surface area contributed by atoms with Crippen LogP contribution in [0.4, 0.5) is 0 Å². The van der Waals surface area contributed by atoms with E-state index in [0.717, 1.165) is 5.56 Å². The Morgan fingerprint density at radius 3 is 2.19 bits per heavy atom. The van der Waals surface area contributed by atoms with Gasteiger partial charge in [0.25, 0.3) is 0 Å². The Hall–Kier alpha value is -1.40. The minimum absolute atomic E-state index is 0.0489. The third kappa shape index (κ3) is 3.63. The standard InChI is InChI=1S/C15H21NO4S/c1-11-9-16(10-12(11)2)21(19,20)14-6-3-13(4-7-14)5-8-15(17)18/h3-4,6-7,11-12H,5,8-10H2,1-2H3,(H,17,18). The molecule has 0 spiro atoms. The van der Waals surface area contributed by atoms with Crippen LogP contribution in [0.5, 0.6) is 0 Å². The highest BCUT2D eigenvalue weighted by Gasteiger charge is 2.34.